The van der Waals surface area contributed by atoms with E-state index in [-0.39, 0.29) is 29.9 Å². The molecule has 0 bridgehead atoms. The lowest BCUT2D eigenvalue weighted by atomic mass is 9.93. The van der Waals surface area contributed by atoms with Gasteiger partial charge in [-0.2, -0.15) is 0 Å². The van der Waals surface area contributed by atoms with E-state index in [1.54, 1.807) is 18.4 Å². The van der Waals surface area contributed by atoms with Crippen molar-refractivity contribution in [1.82, 2.24) is 20.5 Å². The summed E-state index contributed by atoms with van der Waals surface area (Å²) in [4.78, 5) is 23.6. The van der Waals surface area contributed by atoms with Crippen LogP contribution in [0.25, 0.3) is 10.6 Å². The smallest absolute Gasteiger partial charge is 0.220 e. The number of amides is 1. The number of hydrogen-bond donors (Lipinski definition) is 2. The third-order valence-electron chi connectivity index (χ3n) is 5.48. The number of benzene rings is 1. The maximum atomic E-state index is 11.6. The van der Waals surface area contributed by atoms with Gasteiger partial charge < -0.3 is 15.5 Å². The molecule has 1 fully saturated rings. The zero-order valence-corrected chi connectivity index (χ0v) is 21.8. The van der Waals surface area contributed by atoms with Crippen molar-refractivity contribution in [3.63, 3.8) is 0 Å². The van der Waals surface area contributed by atoms with E-state index in [1.807, 2.05) is 0 Å². The van der Waals surface area contributed by atoms with Crippen LogP contribution in [-0.2, 0) is 11.2 Å². The van der Waals surface area contributed by atoms with Crippen molar-refractivity contribution in [3.05, 3.63) is 40.9 Å². The summed E-state index contributed by atoms with van der Waals surface area (Å²) in [7, 11) is 1.71. The molecular weight excluding hydrogens is 521 g/mol. The number of aliphatic imine (C=N–C) groups is 1. The molecule has 31 heavy (non-hydrogen) atoms. The van der Waals surface area contributed by atoms with E-state index >= 15 is 0 Å². The van der Waals surface area contributed by atoms with E-state index in [4.69, 9.17) is 9.98 Å². The topological polar surface area (TPSA) is 69.6 Å². The maximum absolute atomic E-state index is 11.6. The number of carbonyl (C=O) groups is 1. The second kappa shape index (κ2) is 13.0. The minimum atomic E-state index is 0. The molecule has 2 aromatic rings. The average Bonchev–Trinajstić information content (AvgIpc) is 3.23. The summed E-state index contributed by atoms with van der Waals surface area (Å²) in [5.74, 6) is 1.59. The second-order valence-electron chi connectivity index (χ2n) is 7.80. The van der Waals surface area contributed by atoms with Gasteiger partial charge in [0.2, 0.25) is 5.91 Å². The number of nitrogens with one attached hydrogen (secondary N) is 2. The molecule has 2 heterocycles. The zero-order chi connectivity index (χ0) is 21.3. The van der Waals surface area contributed by atoms with Crippen LogP contribution in [0.15, 0.2) is 34.6 Å². The van der Waals surface area contributed by atoms with Crippen molar-refractivity contribution in [3.8, 4) is 10.6 Å². The number of aryl methyl sites for hydroxylation is 1. The molecule has 1 amide bonds. The molecule has 0 saturated carbocycles. The number of halogens is 1. The summed E-state index contributed by atoms with van der Waals surface area (Å²) in [6.07, 6.45) is 3.53. The summed E-state index contributed by atoms with van der Waals surface area (Å²) in [5, 5.41) is 9.36. The number of piperidine rings is 1. The van der Waals surface area contributed by atoms with E-state index in [1.165, 1.54) is 11.1 Å². The number of nitrogens with zero attached hydrogens (tertiary/aromatic N) is 3. The highest BCUT2D eigenvalue weighted by Crippen LogP contribution is 2.24. The standard InChI is InChI=1S/C23H33N5OS.HI/c1-4-25-23(28-13-10-18(11-14-28)15-21(29)24-3)26-12-9-20-16-30-22(27-20)19-7-5-17(2)6-8-19;/h5-8,16,18H,4,9-15H2,1-3H3,(H,24,29)(H,25,26);1H. The van der Waals surface area contributed by atoms with Gasteiger partial charge in [-0.05, 0) is 32.6 Å². The van der Waals surface area contributed by atoms with Crippen molar-refractivity contribution < 1.29 is 4.79 Å². The van der Waals surface area contributed by atoms with Gasteiger partial charge in [-0.1, -0.05) is 29.8 Å². The van der Waals surface area contributed by atoms with Crippen LogP contribution in [0.4, 0.5) is 0 Å². The van der Waals surface area contributed by atoms with Gasteiger partial charge in [0.05, 0.1) is 5.69 Å². The highest BCUT2D eigenvalue weighted by Gasteiger charge is 2.23. The van der Waals surface area contributed by atoms with Gasteiger partial charge in [-0.3, -0.25) is 9.79 Å². The van der Waals surface area contributed by atoms with Crippen LogP contribution in [-0.4, -0.2) is 55.0 Å². The summed E-state index contributed by atoms with van der Waals surface area (Å²) in [6.45, 7) is 7.66. The molecular formula is C23H34IN5OS. The molecule has 1 aliphatic heterocycles. The van der Waals surface area contributed by atoms with Crippen molar-refractivity contribution in [2.45, 2.75) is 39.5 Å². The average molecular weight is 556 g/mol. The molecule has 6 nitrogen and oxygen atoms in total. The van der Waals surface area contributed by atoms with Crippen LogP contribution < -0.4 is 10.6 Å². The number of guanidine groups is 1. The third kappa shape index (κ3) is 7.75. The van der Waals surface area contributed by atoms with Gasteiger partial charge in [0.1, 0.15) is 5.01 Å². The monoisotopic (exact) mass is 555 g/mol. The first kappa shape index (κ1) is 25.6. The number of hydrogen-bond acceptors (Lipinski definition) is 4. The Kier molecular flexibility index (Phi) is 10.7. The molecule has 2 N–H and O–H groups in total. The summed E-state index contributed by atoms with van der Waals surface area (Å²) >= 11 is 1.69. The van der Waals surface area contributed by atoms with Crippen LogP contribution in [0, 0.1) is 12.8 Å². The number of aromatic nitrogens is 1. The molecule has 1 aliphatic rings. The fourth-order valence-electron chi connectivity index (χ4n) is 3.67. The molecule has 1 aromatic carbocycles. The van der Waals surface area contributed by atoms with Crippen LogP contribution in [0.5, 0.6) is 0 Å². The van der Waals surface area contributed by atoms with Gasteiger partial charge in [0, 0.05) is 57.0 Å². The highest BCUT2D eigenvalue weighted by atomic mass is 127. The van der Waals surface area contributed by atoms with Gasteiger partial charge in [-0.15, -0.1) is 35.3 Å². The maximum Gasteiger partial charge on any atom is 0.220 e. The molecule has 0 radical (unpaired) electrons. The van der Waals surface area contributed by atoms with Crippen molar-refractivity contribution in [2.75, 3.05) is 33.2 Å². The Morgan fingerprint density at radius 3 is 2.61 bits per heavy atom. The molecule has 8 heteroatoms. The Labute approximate surface area is 207 Å². The van der Waals surface area contributed by atoms with E-state index in [0.717, 1.165) is 62.1 Å². The minimum Gasteiger partial charge on any atom is -0.359 e. The van der Waals surface area contributed by atoms with Gasteiger partial charge >= 0.3 is 0 Å². The fraction of sp³-hybridized carbons (Fsp3) is 0.522. The Balaban J connectivity index is 0.00000341. The molecule has 170 valence electrons. The normalized spacial score (nSPS) is 14.8. The van der Waals surface area contributed by atoms with Crippen molar-refractivity contribution in [1.29, 1.82) is 0 Å². The van der Waals surface area contributed by atoms with E-state index < -0.39 is 0 Å². The quantitative estimate of drug-likeness (QED) is 0.307. The summed E-state index contributed by atoms with van der Waals surface area (Å²) < 4.78 is 0. The molecule has 1 saturated heterocycles. The lowest BCUT2D eigenvalue weighted by Gasteiger charge is -2.34. The molecule has 0 atom stereocenters. The Bertz CT molecular complexity index is 844. The first-order valence-corrected chi connectivity index (χ1v) is 11.7. The zero-order valence-electron chi connectivity index (χ0n) is 18.7. The predicted octanol–water partition coefficient (Wildman–Crippen LogP) is 4.09. The van der Waals surface area contributed by atoms with Gasteiger partial charge in [0.25, 0.3) is 0 Å². The Morgan fingerprint density at radius 2 is 1.97 bits per heavy atom. The van der Waals surface area contributed by atoms with E-state index in [9.17, 15) is 4.79 Å². The largest absolute Gasteiger partial charge is 0.359 e. The van der Waals surface area contributed by atoms with Gasteiger partial charge in [0.15, 0.2) is 5.96 Å². The van der Waals surface area contributed by atoms with Crippen LogP contribution in [0.3, 0.4) is 0 Å². The Morgan fingerprint density at radius 1 is 1.26 bits per heavy atom. The number of thiazole rings is 1. The molecule has 1 aromatic heterocycles. The predicted molar refractivity (Wildman–Crippen MR) is 140 cm³/mol. The molecule has 0 aliphatic carbocycles. The second-order valence-corrected chi connectivity index (χ2v) is 8.66. The molecule has 0 unspecified atom stereocenters. The number of rotatable bonds is 7. The fourth-order valence-corrected chi connectivity index (χ4v) is 4.53. The number of likely N-dealkylation sites (tertiary alicyclic amines) is 1. The third-order valence-corrected chi connectivity index (χ3v) is 6.42. The molecule has 0 spiro atoms. The molecule has 3 rings (SSSR count). The van der Waals surface area contributed by atoms with E-state index in [0.29, 0.717) is 12.3 Å². The van der Waals surface area contributed by atoms with E-state index in [2.05, 4.69) is 59.0 Å². The minimum absolute atomic E-state index is 0. The SMILES string of the molecule is CCNC(=NCCc1csc(-c2ccc(C)cc2)n1)N1CCC(CC(=O)NC)CC1.I. The van der Waals surface area contributed by atoms with Crippen LogP contribution in [0.2, 0.25) is 0 Å². The summed E-state index contributed by atoms with van der Waals surface area (Å²) in [5.41, 5.74) is 3.53. The van der Waals surface area contributed by atoms with Crippen LogP contribution >= 0.6 is 35.3 Å². The lowest BCUT2D eigenvalue weighted by Crippen LogP contribution is -2.46. The summed E-state index contributed by atoms with van der Waals surface area (Å²) in [6, 6.07) is 8.52. The highest BCUT2D eigenvalue weighted by molar-refractivity contribution is 14.0. The van der Waals surface area contributed by atoms with Crippen molar-refractivity contribution in [2.24, 2.45) is 10.9 Å². The first-order chi connectivity index (χ1) is 14.6. The first-order valence-electron chi connectivity index (χ1n) is 10.8. The number of carbonyl (C=O) groups excluding carboxylic acids is 1. The van der Waals surface area contributed by atoms with Crippen molar-refractivity contribution >= 4 is 47.2 Å². The lowest BCUT2D eigenvalue weighted by molar-refractivity contribution is -0.121. The Hall–Kier alpha value is -1.68. The van der Waals surface area contributed by atoms with Gasteiger partial charge in [-0.25, -0.2) is 4.98 Å². The van der Waals surface area contributed by atoms with Crippen LogP contribution in [0.1, 0.15) is 37.4 Å².